The molecule has 2 aromatic carbocycles. The van der Waals surface area contributed by atoms with Crippen LogP contribution in [0.3, 0.4) is 0 Å². The van der Waals surface area contributed by atoms with Gasteiger partial charge in [-0.25, -0.2) is 0 Å². The summed E-state index contributed by atoms with van der Waals surface area (Å²) in [5.41, 5.74) is 2.31. The van der Waals surface area contributed by atoms with E-state index >= 15 is 0 Å². The third kappa shape index (κ3) is 7.50. The van der Waals surface area contributed by atoms with Gasteiger partial charge in [0.25, 0.3) is 0 Å². The van der Waals surface area contributed by atoms with E-state index in [2.05, 4.69) is 30.9 Å². The van der Waals surface area contributed by atoms with Gasteiger partial charge in [-0.3, -0.25) is 4.90 Å². The summed E-state index contributed by atoms with van der Waals surface area (Å²) in [5, 5.41) is 10.5. The van der Waals surface area contributed by atoms with Crippen LogP contribution in [0.15, 0.2) is 48.5 Å². The lowest BCUT2D eigenvalue weighted by Gasteiger charge is -2.26. The van der Waals surface area contributed by atoms with Crippen LogP contribution >= 0.6 is 0 Å². The number of nitrogens with zero attached hydrogens (tertiary/aromatic N) is 1. The fourth-order valence-corrected chi connectivity index (χ4v) is 3.05. The van der Waals surface area contributed by atoms with E-state index in [1.807, 2.05) is 36.4 Å². The van der Waals surface area contributed by atoms with E-state index in [0.29, 0.717) is 43.7 Å². The maximum absolute atomic E-state index is 10.5. The summed E-state index contributed by atoms with van der Waals surface area (Å²) in [5.74, 6) is 1.88. The van der Waals surface area contributed by atoms with Gasteiger partial charge in [0, 0.05) is 26.2 Å². The van der Waals surface area contributed by atoms with Crippen LogP contribution in [-0.2, 0) is 17.8 Å². The highest BCUT2D eigenvalue weighted by Crippen LogP contribution is 2.28. The van der Waals surface area contributed by atoms with Crippen molar-refractivity contribution < 1.29 is 19.3 Å². The summed E-state index contributed by atoms with van der Waals surface area (Å²) in [4.78, 5) is 2.22. The van der Waals surface area contributed by atoms with Gasteiger partial charge >= 0.3 is 0 Å². The summed E-state index contributed by atoms with van der Waals surface area (Å²) < 4.78 is 16.4. The second kappa shape index (κ2) is 11.7. The Bertz CT molecular complexity index is 690. The Morgan fingerprint density at radius 2 is 1.54 bits per heavy atom. The van der Waals surface area contributed by atoms with Crippen molar-refractivity contribution in [3.63, 3.8) is 0 Å². The predicted octanol–water partition coefficient (Wildman–Crippen LogP) is 3.74. The third-order valence-corrected chi connectivity index (χ3v) is 4.33. The lowest BCUT2D eigenvalue weighted by atomic mass is 10.1. The van der Waals surface area contributed by atoms with Crippen LogP contribution in [0.5, 0.6) is 11.5 Å². The summed E-state index contributed by atoms with van der Waals surface area (Å²) in [6.07, 6.45) is -0.539. The highest BCUT2D eigenvalue weighted by molar-refractivity contribution is 5.42. The molecule has 0 aliphatic rings. The average molecular weight is 388 g/mol. The molecular formula is C23H33NO4. The van der Waals surface area contributed by atoms with Gasteiger partial charge in [-0.15, -0.1) is 0 Å². The molecule has 0 amide bonds. The zero-order chi connectivity index (χ0) is 20.4. The van der Waals surface area contributed by atoms with Gasteiger partial charge in [0.05, 0.1) is 26.9 Å². The molecule has 0 aromatic heterocycles. The van der Waals surface area contributed by atoms with Gasteiger partial charge in [0.2, 0.25) is 0 Å². The number of methoxy groups -OCH3 is 2. The molecule has 0 unspecified atom stereocenters. The molecule has 1 atom stereocenters. The van der Waals surface area contributed by atoms with Crippen LogP contribution in [0.2, 0.25) is 0 Å². The van der Waals surface area contributed by atoms with Gasteiger partial charge in [-0.2, -0.15) is 0 Å². The van der Waals surface area contributed by atoms with Crippen molar-refractivity contribution in [1.82, 2.24) is 4.90 Å². The fraction of sp³-hybridized carbons (Fsp3) is 0.478. The van der Waals surface area contributed by atoms with Crippen LogP contribution in [0.4, 0.5) is 0 Å². The summed E-state index contributed by atoms with van der Waals surface area (Å²) in [6, 6.07) is 16.2. The SMILES string of the molecule is COc1ccc(CN(Cc2ccccc2)C[C@H](O)COCC(C)C)cc1OC. The largest absolute Gasteiger partial charge is 0.493 e. The zero-order valence-electron chi connectivity index (χ0n) is 17.4. The van der Waals surface area contributed by atoms with E-state index in [9.17, 15) is 5.11 Å². The van der Waals surface area contributed by atoms with E-state index < -0.39 is 6.10 Å². The van der Waals surface area contributed by atoms with E-state index in [4.69, 9.17) is 14.2 Å². The molecule has 0 spiro atoms. The normalized spacial score (nSPS) is 12.4. The van der Waals surface area contributed by atoms with Crippen molar-refractivity contribution in [3.05, 3.63) is 59.7 Å². The Balaban J connectivity index is 2.07. The molecular weight excluding hydrogens is 354 g/mol. The van der Waals surface area contributed by atoms with Crippen molar-refractivity contribution in [2.75, 3.05) is 34.0 Å². The Morgan fingerprint density at radius 1 is 0.857 bits per heavy atom. The Kier molecular flexibility index (Phi) is 9.28. The zero-order valence-corrected chi connectivity index (χ0v) is 17.4. The first-order valence-corrected chi connectivity index (χ1v) is 9.74. The van der Waals surface area contributed by atoms with Crippen LogP contribution in [0.25, 0.3) is 0 Å². The minimum atomic E-state index is -0.539. The van der Waals surface area contributed by atoms with Gasteiger partial charge < -0.3 is 19.3 Å². The maximum atomic E-state index is 10.5. The van der Waals surface area contributed by atoms with E-state index in [0.717, 1.165) is 12.1 Å². The molecule has 1 N–H and O–H groups in total. The van der Waals surface area contributed by atoms with Gasteiger partial charge in [-0.05, 0) is 29.2 Å². The molecule has 0 bridgehead atoms. The predicted molar refractivity (Wildman–Crippen MR) is 112 cm³/mol. The smallest absolute Gasteiger partial charge is 0.161 e. The van der Waals surface area contributed by atoms with Crippen molar-refractivity contribution >= 4 is 0 Å². The van der Waals surface area contributed by atoms with Crippen molar-refractivity contribution in [3.8, 4) is 11.5 Å². The van der Waals surface area contributed by atoms with Gasteiger partial charge in [0.1, 0.15) is 0 Å². The maximum Gasteiger partial charge on any atom is 0.161 e. The highest BCUT2D eigenvalue weighted by atomic mass is 16.5. The minimum absolute atomic E-state index is 0.343. The molecule has 154 valence electrons. The molecule has 5 nitrogen and oxygen atoms in total. The van der Waals surface area contributed by atoms with Crippen molar-refractivity contribution in [2.45, 2.75) is 33.0 Å². The van der Waals surface area contributed by atoms with E-state index in [1.165, 1.54) is 5.56 Å². The molecule has 0 heterocycles. The monoisotopic (exact) mass is 387 g/mol. The lowest BCUT2D eigenvalue weighted by Crippen LogP contribution is -2.34. The molecule has 28 heavy (non-hydrogen) atoms. The van der Waals surface area contributed by atoms with Crippen molar-refractivity contribution in [1.29, 1.82) is 0 Å². The second-order valence-electron chi connectivity index (χ2n) is 7.43. The molecule has 0 fully saturated rings. The summed E-state index contributed by atoms with van der Waals surface area (Å²) in [7, 11) is 3.27. The molecule has 2 aromatic rings. The van der Waals surface area contributed by atoms with Crippen LogP contribution in [0, 0.1) is 5.92 Å². The number of hydrogen-bond donors (Lipinski definition) is 1. The van der Waals surface area contributed by atoms with Crippen LogP contribution in [-0.4, -0.2) is 50.1 Å². The number of aliphatic hydroxyl groups is 1. The Labute approximate surface area is 168 Å². The Morgan fingerprint density at radius 3 is 2.18 bits per heavy atom. The molecule has 0 aliphatic heterocycles. The first kappa shape index (κ1) is 22.2. The van der Waals surface area contributed by atoms with Gasteiger partial charge in [0.15, 0.2) is 11.5 Å². The number of ether oxygens (including phenoxy) is 3. The minimum Gasteiger partial charge on any atom is -0.493 e. The number of hydrogen-bond acceptors (Lipinski definition) is 5. The lowest BCUT2D eigenvalue weighted by molar-refractivity contribution is 0.00554. The second-order valence-corrected chi connectivity index (χ2v) is 7.43. The number of rotatable bonds is 12. The number of aliphatic hydroxyl groups excluding tert-OH is 1. The Hall–Kier alpha value is -2.08. The molecule has 0 saturated carbocycles. The van der Waals surface area contributed by atoms with Crippen molar-refractivity contribution in [2.24, 2.45) is 5.92 Å². The molecule has 5 heteroatoms. The first-order chi connectivity index (χ1) is 13.5. The van der Waals surface area contributed by atoms with Crippen LogP contribution < -0.4 is 9.47 Å². The van der Waals surface area contributed by atoms with E-state index in [-0.39, 0.29) is 0 Å². The van der Waals surface area contributed by atoms with Gasteiger partial charge in [-0.1, -0.05) is 50.2 Å². The first-order valence-electron chi connectivity index (χ1n) is 9.74. The fourth-order valence-electron chi connectivity index (χ4n) is 3.05. The third-order valence-electron chi connectivity index (χ3n) is 4.33. The number of benzene rings is 2. The quantitative estimate of drug-likeness (QED) is 0.601. The molecule has 0 radical (unpaired) electrons. The van der Waals surface area contributed by atoms with E-state index in [1.54, 1.807) is 14.2 Å². The summed E-state index contributed by atoms with van der Waals surface area (Å²) >= 11 is 0. The summed E-state index contributed by atoms with van der Waals surface area (Å²) in [6.45, 7) is 7.17. The standard InChI is InChI=1S/C23H33NO4/c1-18(2)16-28-17-21(25)15-24(13-19-8-6-5-7-9-19)14-20-10-11-22(26-3)23(12-20)27-4/h5-12,18,21,25H,13-17H2,1-4H3/t21-/m0/s1. The average Bonchev–Trinajstić information content (AvgIpc) is 2.68. The topological polar surface area (TPSA) is 51.2 Å². The van der Waals surface area contributed by atoms with Crippen LogP contribution in [0.1, 0.15) is 25.0 Å². The molecule has 0 aliphatic carbocycles. The molecule has 2 rings (SSSR count). The molecule has 0 saturated heterocycles. The highest BCUT2D eigenvalue weighted by Gasteiger charge is 2.15.